The quantitative estimate of drug-likeness (QED) is 0.173. The molecule has 0 heterocycles. The number of benzene rings is 7. The molecule has 0 aromatic heterocycles. The third-order valence-corrected chi connectivity index (χ3v) is 11.3. The number of anilines is 3. The zero-order valence-electron chi connectivity index (χ0n) is 28.5. The van der Waals surface area contributed by atoms with Gasteiger partial charge in [0.05, 0.1) is 11.1 Å². The van der Waals surface area contributed by atoms with E-state index in [4.69, 9.17) is 0 Å². The molecule has 0 radical (unpaired) electrons. The van der Waals surface area contributed by atoms with Crippen LogP contribution >= 0.6 is 0 Å². The molecular formula is C50H37N. The van der Waals surface area contributed by atoms with Crippen LogP contribution in [-0.2, 0) is 11.8 Å². The van der Waals surface area contributed by atoms with E-state index in [9.17, 15) is 0 Å². The third-order valence-electron chi connectivity index (χ3n) is 11.3. The molecule has 10 rings (SSSR count). The molecule has 7 aromatic rings. The number of hydrogen-bond donors (Lipinski definition) is 0. The lowest BCUT2D eigenvalue weighted by atomic mass is 9.65. The Bertz CT molecular complexity index is 2490. The Morgan fingerprint density at radius 1 is 0.490 bits per heavy atom. The lowest BCUT2D eigenvalue weighted by Gasteiger charge is -2.37. The standard InChI is InChI=1S/C50H37N/c1-3-15-35(16-4-1)36-29-31-41(32-30-36)51(48-28-13-18-38-33-37-17-7-8-23-43(37)49(38)48)42-22-14-21-40(34-42)50(39-19-5-2-6-20-39)46-26-11-9-24-44(46)45-25-10-12-27-47(45)50/h1-11,13-26,28-32,34H,12,27,33H2/t50-/m1/s1. The second-order valence-electron chi connectivity index (χ2n) is 13.9. The Kier molecular flexibility index (Phi) is 6.99. The monoisotopic (exact) mass is 651 g/mol. The van der Waals surface area contributed by atoms with Gasteiger partial charge in [-0.25, -0.2) is 0 Å². The highest BCUT2D eigenvalue weighted by atomic mass is 15.1. The minimum atomic E-state index is -0.387. The van der Waals surface area contributed by atoms with Crippen LogP contribution in [0, 0.1) is 0 Å². The van der Waals surface area contributed by atoms with Gasteiger partial charge in [0.15, 0.2) is 0 Å². The summed E-state index contributed by atoms with van der Waals surface area (Å²) in [6, 6.07) is 65.2. The molecule has 3 aliphatic carbocycles. The van der Waals surface area contributed by atoms with E-state index in [0.29, 0.717) is 0 Å². The second kappa shape index (κ2) is 12.0. The molecule has 0 saturated heterocycles. The first-order valence-electron chi connectivity index (χ1n) is 18.1. The van der Waals surface area contributed by atoms with Gasteiger partial charge in [-0.05, 0) is 111 Å². The average Bonchev–Trinajstić information content (AvgIpc) is 3.74. The molecule has 0 saturated carbocycles. The summed E-state index contributed by atoms with van der Waals surface area (Å²) in [5.41, 5.74) is 19.2. The summed E-state index contributed by atoms with van der Waals surface area (Å²) < 4.78 is 0. The van der Waals surface area contributed by atoms with Crippen molar-refractivity contribution < 1.29 is 0 Å². The second-order valence-corrected chi connectivity index (χ2v) is 13.9. The molecular weight excluding hydrogens is 615 g/mol. The molecule has 0 N–H and O–H groups in total. The van der Waals surface area contributed by atoms with Crippen molar-refractivity contribution in [2.24, 2.45) is 0 Å². The van der Waals surface area contributed by atoms with E-state index in [-0.39, 0.29) is 5.41 Å². The van der Waals surface area contributed by atoms with Gasteiger partial charge in [-0.15, -0.1) is 0 Å². The van der Waals surface area contributed by atoms with Crippen LogP contribution in [0.3, 0.4) is 0 Å². The molecule has 0 spiro atoms. The van der Waals surface area contributed by atoms with E-state index in [1.807, 2.05) is 0 Å². The summed E-state index contributed by atoms with van der Waals surface area (Å²) >= 11 is 0. The fourth-order valence-corrected chi connectivity index (χ4v) is 9.12. The van der Waals surface area contributed by atoms with Gasteiger partial charge in [0, 0.05) is 16.9 Å². The molecule has 0 unspecified atom stereocenters. The fraction of sp³-hybridized carbons (Fsp3) is 0.0800. The summed E-state index contributed by atoms with van der Waals surface area (Å²) in [5.74, 6) is 0. The maximum Gasteiger partial charge on any atom is 0.0677 e. The van der Waals surface area contributed by atoms with Gasteiger partial charge in [-0.2, -0.15) is 0 Å². The highest BCUT2D eigenvalue weighted by Gasteiger charge is 2.47. The normalized spacial score (nSPS) is 16.7. The van der Waals surface area contributed by atoms with E-state index < -0.39 is 0 Å². The minimum absolute atomic E-state index is 0.387. The van der Waals surface area contributed by atoms with Crippen LogP contribution < -0.4 is 4.90 Å². The maximum atomic E-state index is 2.49. The topological polar surface area (TPSA) is 3.24 Å². The van der Waals surface area contributed by atoms with Crippen LogP contribution in [0.25, 0.3) is 27.8 Å². The minimum Gasteiger partial charge on any atom is -0.310 e. The fourth-order valence-electron chi connectivity index (χ4n) is 9.12. The number of fused-ring (bicyclic) bond motifs is 5. The Balaban J connectivity index is 1.22. The van der Waals surface area contributed by atoms with Crippen molar-refractivity contribution in [3.05, 3.63) is 227 Å². The van der Waals surface area contributed by atoms with Crippen molar-refractivity contribution in [3.8, 4) is 22.3 Å². The van der Waals surface area contributed by atoms with Crippen LogP contribution in [0.2, 0.25) is 0 Å². The molecule has 1 nitrogen and oxygen atoms in total. The third kappa shape index (κ3) is 4.62. The summed E-state index contributed by atoms with van der Waals surface area (Å²) in [7, 11) is 0. The summed E-state index contributed by atoms with van der Waals surface area (Å²) in [6.07, 6.45) is 7.77. The van der Waals surface area contributed by atoms with Gasteiger partial charge < -0.3 is 4.90 Å². The van der Waals surface area contributed by atoms with E-state index in [1.54, 1.807) is 0 Å². The highest BCUT2D eigenvalue weighted by Crippen LogP contribution is 2.58. The Morgan fingerprint density at radius 3 is 2.00 bits per heavy atom. The Morgan fingerprint density at radius 2 is 1.16 bits per heavy atom. The van der Waals surface area contributed by atoms with Crippen LogP contribution in [0.1, 0.15) is 46.2 Å². The predicted molar refractivity (Wildman–Crippen MR) is 213 cm³/mol. The first-order valence-corrected chi connectivity index (χ1v) is 18.1. The van der Waals surface area contributed by atoms with E-state index in [0.717, 1.165) is 30.6 Å². The van der Waals surface area contributed by atoms with Crippen LogP contribution in [0.4, 0.5) is 17.1 Å². The Hall–Kier alpha value is -6.18. The van der Waals surface area contributed by atoms with Gasteiger partial charge in [0.1, 0.15) is 0 Å². The molecule has 0 fully saturated rings. The highest BCUT2D eigenvalue weighted by molar-refractivity contribution is 5.95. The largest absolute Gasteiger partial charge is 0.310 e. The van der Waals surface area contributed by atoms with Crippen molar-refractivity contribution in [1.29, 1.82) is 0 Å². The zero-order chi connectivity index (χ0) is 33.8. The summed E-state index contributed by atoms with van der Waals surface area (Å²) in [4.78, 5) is 2.49. The van der Waals surface area contributed by atoms with Gasteiger partial charge in [-0.3, -0.25) is 0 Å². The molecule has 242 valence electrons. The summed E-state index contributed by atoms with van der Waals surface area (Å²) in [5, 5.41) is 0. The van der Waals surface area contributed by atoms with Crippen LogP contribution in [0.5, 0.6) is 0 Å². The van der Waals surface area contributed by atoms with Crippen molar-refractivity contribution in [1.82, 2.24) is 0 Å². The van der Waals surface area contributed by atoms with Crippen molar-refractivity contribution in [2.45, 2.75) is 24.7 Å². The molecule has 7 aromatic carbocycles. The molecule has 51 heavy (non-hydrogen) atoms. The molecule has 1 atom stereocenters. The first kappa shape index (κ1) is 29.7. The molecule has 3 aliphatic rings. The molecule has 0 bridgehead atoms. The van der Waals surface area contributed by atoms with Crippen LogP contribution in [-0.4, -0.2) is 0 Å². The smallest absolute Gasteiger partial charge is 0.0677 e. The zero-order valence-corrected chi connectivity index (χ0v) is 28.5. The van der Waals surface area contributed by atoms with Crippen LogP contribution in [0.15, 0.2) is 194 Å². The van der Waals surface area contributed by atoms with E-state index in [2.05, 4.69) is 193 Å². The average molecular weight is 652 g/mol. The van der Waals surface area contributed by atoms with E-state index >= 15 is 0 Å². The maximum absolute atomic E-state index is 2.49. The number of allylic oxidation sites excluding steroid dienone is 4. The lowest BCUT2D eigenvalue weighted by molar-refractivity contribution is 0.696. The number of rotatable bonds is 6. The first-order chi connectivity index (χ1) is 25.3. The number of hydrogen-bond acceptors (Lipinski definition) is 1. The van der Waals surface area contributed by atoms with Crippen molar-refractivity contribution in [3.63, 3.8) is 0 Å². The van der Waals surface area contributed by atoms with Gasteiger partial charge in [0.25, 0.3) is 0 Å². The SMILES string of the molecule is C1=CC2=C(CC1)[C@](c1ccccc1)(c1cccc(N(c3ccc(-c4ccccc4)cc3)c3cccc4c3-c3ccccc3C4)c1)c1ccccc12. The molecule has 0 amide bonds. The molecule has 0 aliphatic heterocycles. The van der Waals surface area contributed by atoms with Crippen molar-refractivity contribution in [2.75, 3.05) is 4.90 Å². The summed E-state index contributed by atoms with van der Waals surface area (Å²) in [6.45, 7) is 0. The van der Waals surface area contributed by atoms with Crippen molar-refractivity contribution >= 4 is 22.6 Å². The molecule has 1 heteroatoms. The Labute approximate surface area is 300 Å². The predicted octanol–water partition coefficient (Wildman–Crippen LogP) is 12.8. The van der Waals surface area contributed by atoms with E-state index in [1.165, 1.54) is 72.5 Å². The van der Waals surface area contributed by atoms with Gasteiger partial charge in [0.2, 0.25) is 0 Å². The van der Waals surface area contributed by atoms with Gasteiger partial charge in [-0.1, -0.05) is 158 Å². The number of nitrogens with zero attached hydrogens (tertiary/aromatic N) is 1. The van der Waals surface area contributed by atoms with Gasteiger partial charge >= 0.3 is 0 Å². The lowest BCUT2D eigenvalue weighted by Crippen LogP contribution is -2.30.